The number of piperidine rings is 1. The molecule has 2 aromatic heterocycles. The number of rotatable bonds is 5. The van der Waals surface area contributed by atoms with Gasteiger partial charge in [-0.2, -0.15) is 13.2 Å². The second kappa shape index (κ2) is 10.1. The van der Waals surface area contributed by atoms with Gasteiger partial charge < -0.3 is 14.6 Å². The van der Waals surface area contributed by atoms with Crippen LogP contribution < -0.4 is 5.32 Å². The Labute approximate surface area is 219 Å². The predicted octanol–water partition coefficient (Wildman–Crippen LogP) is 6.38. The maximum atomic E-state index is 13.3. The Kier molecular flexibility index (Phi) is 6.78. The summed E-state index contributed by atoms with van der Waals surface area (Å²) in [6.45, 7) is 2.00. The summed E-state index contributed by atoms with van der Waals surface area (Å²) in [6, 6.07) is 11.5. The first-order valence-electron chi connectivity index (χ1n) is 11.9. The van der Waals surface area contributed by atoms with Crippen molar-refractivity contribution in [2.75, 3.05) is 18.4 Å². The first-order valence-corrected chi connectivity index (χ1v) is 12.7. The van der Waals surface area contributed by atoms with E-state index in [2.05, 4.69) is 10.3 Å². The molecule has 1 aliphatic heterocycles. The third-order valence-corrected chi connectivity index (χ3v) is 7.48. The molecule has 1 saturated heterocycles. The SMILES string of the molecule is CC(=O)c1cc2cc(NC(=O)c3csc(C4CCN(C(=O)c5ccccc5C(F)(F)F)CC4)n3)ccc2o1. The number of halogens is 3. The highest BCUT2D eigenvalue weighted by Gasteiger charge is 2.36. The molecule has 5 rings (SSSR count). The number of hydrogen-bond donors (Lipinski definition) is 1. The summed E-state index contributed by atoms with van der Waals surface area (Å²) in [7, 11) is 0. The minimum absolute atomic E-state index is 0.00394. The largest absolute Gasteiger partial charge is 0.453 e. The van der Waals surface area contributed by atoms with Crippen LogP contribution in [0.4, 0.5) is 18.9 Å². The van der Waals surface area contributed by atoms with Gasteiger partial charge in [-0.3, -0.25) is 14.4 Å². The normalized spacial score (nSPS) is 14.6. The summed E-state index contributed by atoms with van der Waals surface area (Å²) in [5, 5.41) is 5.89. The topological polar surface area (TPSA) is 92.5 Å². The van der Waals surface area contributed by atoms with E-state index in [1.165, 1.54) is 41.4 Å². The number of carbonyl (C=O) groups excluding carboxylic acids is 3. The zero-order valence-electron chi connectivity index (χ0n) is 20.2. The fourth-order valence-electron chi connectivity index (χ4n) is 4.49. The number of furan rings is 1. The summed E-state index contributed by atoms with van der Waals surface area (Å²) in [5.41, 5.74) is 0.0285. The number of nitrogens with one attached hydrogen (secondary N) is 1. The Bertz CT molecular complexity index is 1530. The lowest BCUT2D eigenvalue weighted by atomic mass is 9.96. The van der Waals surface area contributed by atoms with Gasteiger partial charge in [0.05, 0.1) is 16.1 Å². The molecule has 4 aromatic rings. The van der Waals surface area contributed by atoms with Crippen LogP contribution in [-0.2, 0) is 6.18 Å². The lowest BCUT2D eigenvalue weighted by Gasteiger charge is -2.31. The van der Waals surface area contributed by atoms with Crippen LogP contribution in [0.15, 0.2) is 58.3 Å². The number of anilines is 1. The van der Waals surface area contributed by atoms with Crippen molar-refractivity contribution in [1.29, 1.82) is 0 Å². The molecule has 2 amide bonds. The standard InChI is InChI=1S/C27H22F3N3O4S/c1-15(34)23-13-17-12-18(6-7-22(17)37-23)31-24(35)21-14-38-25(32-21)16-8-10-33(11-9-16)26(36)19-4-2-3-5-20(19)27(28,29)30/h2-7,12-14,16H,8-11H2,1H3,(H,31,35). The van der Waals surface area contributed by atoms with Crippen molar-refractivity contribution in [3.63, 3.8) is 0 Å². The number of amides is 2. The highest BCUT2D eigenvalue weighted by Crippen LogP contribution is 2.35. The minimum atomic E-state index is -4.61. The number of nitrogens with zero attached hydrogens (tertiary/aromatic N) is 2. The molecule has 0 aliphatic carbocycles. The Morgan fingerprint density at radius 2 is 1.82 bits per heavy atom. The summed E-state index contributed by atoms with van der Waals surface area (Å²) in [6.07, 6.45) is -3.54. The maximum absolute atomic E-state index is 13.3. The molecule has 1 N–H and O–H groups in total. The van der Waals surface area contributed by atoms with Crippen LogP contribution in [0.5, 0.6) is 0 Å². The van der Waals surface area contributed by atoms with Crippen molar-refractivity contribution >= 4 is 45.6 Å². The predicted molar refractivity (Wildman–Crippen MR) is 136 cm³/mol. The first kappa shape index (κ1) is 25.7. The number of likely N-dealkylation sites (tertiary alicyclic amines) is 1. The fraction of sp³-hybridized carbons (Fsp3) is 0.259. The zero-order chi connectivity index (χ0) is 27.0. The number of alkyl halides is 3. The van der Waals surface area contributed by atoms with Gasteiger partial charge in [0.2, 0.25) is 0 Å². The molecule has 38 heavy (non-hydrogen) atoms. The molecule has 0 bridgehead atoms. The second-order valence-corrected chi connectivity index (χ2v) is 9.94. The van der Waals surface area contributed by atoms with Gasteiger partial charge in [0.1, 0.15) is 11.3 Å². The molecule has 0 radical (unpaired) electrons. The average molecular weight is 542 g/mol. The van der Waals surface area contributed by atoms with Crippen molar-refractivity contribution in [3.8, 4) is 0 Å². The van der Waals surface area contributed by atoms with E-state index in [1.54, 1.807) is 29.6 Å². The number of fused-ring (bicyclic) bond motifs is 1. The zero-order valence-corrected chi connectivity index (χ0v) is 21.0. The summed E-state index contributed by atoms with van der Waals surface area (Å²) in [4.78, 5) is 43.1. The van der Waals surface area contributed by atoms with Crippen LogP contribution in [0.1, 0.15) is 67.7 Å². The van der Waals surface area contributed by atoms with Crippen molar-refractivity contribution in [1.82, 2.24) is 9.88 Å². The smallest absolute Gasteiger partial charge is 0.417 e. The van der Waals surface area contributed by atoms with Crippen molar-refractivity contribution < 1.29 is 32.0 Å². The Balaban J connectivity index is 1.22. The van der Waals surface area contributed by atoms with Gasteiger partial charge in [-0.1, -0.05) is 12.1 Å². The molecular formula is C27H22F3N3O4S. The van der Waals surface area contributed by atoms with E-state index in [4.69, 9.17) is 4.42 Å². The molecule has 1 aliphatic rings. The number of hydrogen-bond acceptors (Lipinski definition) is 6. The Hall–Kier alpha value is -3.99. The van der Waals surface area contributed by atoms with E-state index < -0.39 is 23.6 Å². The number of Topliss-reactive ketones (excluding diaryl/α,β-unsaturated/α-hetero) is 1. The van der Waals surface area contributed by atoms with Gasteiger partial charge in [-0.05, 0) is 49.2 Å². The van der Waals surface area contributed by atoms with E-state index in [-0.39, 0.29) is 28.7 Å². The summed E-state index contributed by atoms with van der Waals surface area (Å²) < 4.78 is 45.5. The molecule has 7 nitrogen and oxygen atoms in total. The van der Waals surface area contributed by atoms with Gasteiger partial charge in [-0.25, -0.2) is 4.98 Å². The number of aromatic nitrogens is 1. The molecule has 2 aromatic carbocycles. The molecular weight excluding hydrogens is 519 g/mol. The molecule has 11 heteroatoms. The van der Waals surface area contributed by atoms with Crippen LogP contribution in [0, 0.1) is 0 Å². The van der Waals surface area contributed by atoms with E-state index in [9.17, 15) is 27.6 Å². The van der Waals surface area contributed by atoms with E-state index in [0.29, 0.717) is 42.6 Å². The lowest BCUT2D eigenvalue weighted by molar-refractivity contribution is -0.138. The Morgan fingerprint density at radius 3 is 2.53 bits per heavy atom. The molecule has 0 spiro atoms. The van der Waals surface area contributed by atoms with Crippen LogP contribution in [0.2, 0.25) is 0 Å². The highest BCUT2D eigenvalue weighted by atomic mass is 32.1. The monoisotopic (exact) mass is 541 g/mol. The van der Waals surface area contributed by atoms with Crippen LogP contribution in [0.25, 0.3) is 11.0 Å². The quantitative estimate of drug-likeness (QED) is 0.296. The van der Waals surface area contributed by atoms with Gasteiger partial charge in [0, 0.05) is 42.4 Å². The number of ketones is 1. The molecule has 1 fully saturated rings. The summed E-state index contributed by atoms with van der Waals surface area (Å²) >= 11 is 1.34. The number of benzene rings is 2. The molecule has 3 heterocycles. The first-order chi connectivity index (χ1) is 18.1. The van der Waals surface area contributed by atoms with Gasteiger partial charge >= 0.3 is 6.18 Å². The third-order valence-electron chi connectivity index (χ3n) is 6.47. The van der Waals surface area contributed by atoms with Gasteiger partial charge in [-0.15, -0.1) is 11.3 Å². The van der Waals surface area contributed by atoms with Crippen molar-refractivity contribution in [2.24, 2.45) is 0 Å². The maximum Gasteiger partial charge on any atom is 0.417 e. The summed E-state index contributed by atoms with van der Waals surface area (Å²) in [5.74, 6) is -0.983. The molecule has 0 saturated carbocycles. The second-order valence-electron chi connectivity index (χ2n) is 9.05. The van der Waals surface area contributed by atoms with Crippen molar-refractivity contribution in [2.45, 2.75) is 31.9 Å². The minimum Gasteiger partial charge on any atom is -0.453 e. The van der Waals surface area contributed by atoms with Crippen molar-refractivity contribution in [3.05, 3.63) is 81.5 Å². The van der Waals surface area contributed by atoms with Gasteiger partial charge in [0.25, 0.3) is 11.8 Å². The van der Waals surface area contributed by atoms with Crippen LogP contribution in [0.3, 0.4) is 0 Å². The third kappa shape index (κ3) is 5.19. The van der Waals surface area contributed by atoms with E-state index >= 15 is 0 Å². The number of carbonyl (C=O) groups is 3. The average Bonchev–Trinajstić information content (AvgIpc) is 3.56. The van der Waals surface area contributed by atoms with Crippen LogP contribution in [-0.4, -0.2) is 40.6 Å². The van der Waals surface area contributed by atoms with Gasteiger partial charge in [0.15, 0.2) is 11.5 Å². The van der Waals surface area contributed by atoms with Crippen LogP contribution >= 0.6 is 11.3 Å². The van der Waals surface area contributed by atoms with E-state index in [1.807, 2.05) is 0 Å². The fourth-order valence-corrected chi connectivity index (χ4v) is 5.46. The Morgan fingerprint density at radius 1 is 1.08 bits per heavy atom. The van der Waals surface area contributed by atoms with E-state index in [0.717, 1.165) is 11.1 Å². The lowest BCUT2D eigenvalue weighted by Crippen LogP contribution is -2.38. The molecule has 0 unspecified atom stereocenters. The number of thiazole rings is 1. The molecule has 0 atom stereocenters. The molecule has 196 valence electrons. The highest BCUT2D eigenvalue weighted by molar-refractivity contribution is 7.10.